The molecular weight excluding hydrogens is 176 g/mol. The largest absolute Gasteiger partial charge is 0.367 e. The Morgan fingerprint density at radius 2 is 2.38 bits per heavy atom. The monoisotopic (exact) mass is 182 g/mol. The molecule has 0 saturated carbocycles. The molecule has 0 spiro atoms. The van der Waals surface area contributed by atoms with Gasteiger partial charge in [0.15, 0.2) is 0 Å². The minimum Gasteiger partial charge on any atom is -0.367 e. The Morgan fingerprint density at radius 3 is 2.85 bits per heavy atom. The van der Waals surface area contributed by atoms with E-state index in [0.717, 1.165) is 12.3 Å². The molecule has 1 aromatic rings. The molecule has 0 bridgehead atoms. The van der Waals surface area contributed by atoms with Crippen molar-refractivity contribution in [1.82, 2.24) is 4.98 Å². The van der Waals surface area contributed by atoms with E-state index >= 15 is 0 Å². The summed E-state index contributed by atoms with van der Waals surface area (Å²) in [5.74, 6) is 0.109. The fourth-order valence-corrected chi connectivity index (χ4v) is 0.824. The standard InChI is InChI=1S/C6H6N4O3/c1-7-6-5(10(12)13)2-4(9-11)3-8-6/h2-3H,1H3,(H,7,8). The van der Waals surface area contributed by atoms with Crippen LogP contribution in [0.1, 0.15) is 0 Å². The highest BCUT2D eigenvalue weighted by Gasteiger charge is 2.14. The molecule has 0 amide bonds. The normalized spacial score (nSPS) is 9.31. The molecule has 68 valence electrons. The molecule has 7 nitrogen and oxygen atoms in total. The lowest BCUT2D eigenvalue weighted by molar-refractivity contribution is -0.384. The number of hydrogen-bond donors (Lipinski definition) is 1. The third-order valence-corrected chi connectivity index (χ3v) is 1.39. The van der Waals surface area contributed by atoms with Crippen molar-refractivity contribution in [2.24, 2.45) is 5.18 Å². The smallest absolute Gasteiger partial charge is 0.313 e. The van der Waals surface area contributed by atoms with Crippen LogP contribution in [-0.2, 0) is 0 Å². The summed E-state index contributed by atoms with van der Waals surface area (Å²) in [4.78, 5) is 23.5. The zero-order valence-electron chi connectivity index (χ0n) is 6.72. The molecule has 1 aromatic heterocycles. The summed E-state index contributed by atoms with van der Waals surface area (Å²) >= 11 is 0. The fourth-order valence-electron chi connectivity index (χ4n) is 0.824. The Bertz CT molecular complexity index is 352. The third-order valence-electron chi connectivity index (χ3n) is 1.39. The van der Waals surface area contributed by atoms with Crippen molar-refractivity contribution in [3.63, 3.8) is 0 Å². The van der Waals surface area contributed by atoms with Crippen LogP contribution in [-0.4, -0.2) is 17.0 Å². The Kier molecular flexibility index (Phi) is 2.48. The van der Waals surface area contributed by atoms with E-state index in [4.69, 9.17) is 0 Å². The molecular formula is C6H6N4O3. The highest BCUT2D eigenvalue weighted by atomic mass is 16.6. The number of nitrogens with zero attached hydrogens (tertiary/aromatic N) is 3. The van der Waals surface area contributed by atoms with Gasteiger partial charge in [-0.3, -0.25) is 10.1 Å². The van der Waals surface area contributed by atoms with Crippen LogP contribution >= 0.6 is 0 Å². The maximum absolute atomic E-state index is 10.4. The topological polar surface area (TPSA) is 97.5 Å². The first-order valence-corrected chi connectivity index (χ1v) is 3.34. The molecule has 1 heterocycles. The van der Waals surface area contributed by atoms with E-state index in [9.17, 15) is 15.0 Å². The molecule has 0 radical (unpaired) electrons. The number of rotatable bonds is 3. The number of hydrogen-bond acceptors (Lipinski definition) is 6. The fraction of sp³-hybridized carbons (Fsp3) is 0.167. The van der Waals surface area contributed by atoms with Crippen molar-refractivity contribution in [1.29, 1.82) is 0 Å². The van der Waals surface area contributed by atoms with Gasteiger partial charge >= 0.3 is 5.69 Å². The van der Waals surface area contributed by atoms with Crippen LogP contribution in [0.5, 0.6) is 0 Å². The van der Waals surface area contributed by atoms with Crippen molar-refractivity contribution in [3.05, 3.63) is 27.3 Å². The van der Waals surface area contributed by atoms with Crippen LogP contribution in [0, 0.1) is 15.0 Å². The highest BCUT2D eigenvalue weighted by molar-refractivity contribution is 5.60. The molecule has 1 N–H and O–H groups in total. The summed E-state index contributed by atoms with van der Waals surface area (Å²) < 4.78 is 0. The number of nitro groups is 1. The van der Waals surface area contributed by atoms with E-state index in [-0.39, 0.29) is 17.2 Å². The molecule has 0 aromatic carbocycles. The van der Waals surface area contributed by atoms with Crippen LogP contribution in [0.2, 0.25) is 0 Å². The van der Waals surface area contributed by atoms with Crippen molar-refractivity contribution in [2.75, 3.05) is 12.4 Å². The Labute approximate surface area is 72.9 Å². The van der Waals surface area contributed by atoms with Gasteiger partial charge in [-0.25, -0.2) is 4.98 Å². The van der Waals surface area contributed by atoms with Crippen molar-refractivity contribution < 1.29 is 4.92 Å². The van der Waals surface area contributed by atoms with Gasteiger partial charge in [0.05, 0.1) is 17.2 Å². The Hall–Kier alpha value is -2.05. The van der Waals surface area contributed by atoms with E-state index < -0.39 is 4.92 Å². The SMILES string of the molecule is CNc1ncc(N=O)cc1[N+](=O)[O-]. The molecule has 0 aliphatic rings. The van der Waals surface area contributed by atoms with Crippen molar-refractivity contribution in [2.45, 2.75) is 0 Å². The second-order valence-electron chi connectivity index (χ2n) is 2.16. The van der Waals surface area contributed by atoms with Crippen LogP contribution in [0.4, 0.5) is 17.2 Å². The van der Waals surface area contributed by atoms with Crippen LogP contribution < -0.4 is 5.32 Å². The quantitative estimate of drug-likeness (QED) is 0.433. The van der Waals surface area contributed by atoms with Gasteiger partial charge in [-0.05, 0) is 5.18 Å². The zero-order valence-corrected chi connectivity index (χ0v) is 6.72. The predicted octanol–water partition coefficient (Wildman–Crippen LogP) is 1.43. The summed E-state index contributed by atoms with van der Waals surface area (Å²) in [5.41, 5.74) is -0.328. The van der Waals surface area contributed by atoms with Crippen LogP contribution in [0.25, 0.3) is 0 Å². The summed E-state index contributed by atoms with van der Waals surface area (Å²) in [6.07, 6.45) is 1.16. The van der Waals surface area contributed by atoms with Crippen LogP contribution in [0.3, 0.4) is 0 Å². The molecule has 1 rings (SSSR count). The third kappa shape index (κ3) is 1.75. The molecule has 0 aliphatic carbocycles. The van der Waals surface area contributed by atoms with Crippen LogP contribution in [0.15, 0.2) is 17.4 Å². The second-order valence-corrected chi connectivity index (χ2v) is 2.16. The lowest BCUT2D eigenvalue weighted by Crippen LogP contribution is -1.98. The van der Waals surface area contributed by atoms with E-state index in [0.29, 0.717) is 0 Å². The minimum absolute atomic E-state index is 0.0642. The highest BCUT2D eigenvalue weighted by Crippen LogP contribution is 2.25. The second kappa shape index (κ2) is 3.57. The number of pyridine rings is 1. The maximum Gasteiger partial charge on any atom is 0.313 e. The zero-order chi connectivity index (χ0) is 9.84. The number of nitroso groups, excluding NO2 is 1. The molecule has 0 fully saturated rings. The maximum atomic E-state index is 10.4. The predicted molar refractivity (Wildman–Crippen MR) is 45.9 cm³/mol. The summed E-state index contributed by atoms with van der Waals surface area (Å²) in [6.45, 7) is 0. The van der Waals surface area contributed by atoms with Gasteiger partial charge < -0.3 is 5.32 Å². The van der Waals surface area contributed by atoms with Gasteiger partial charge in [0.25, 0.3) is 0 Å². The van der Waals surface area contributed by atoms with Gasteiger partial charge in [0.1, 0.15) is 5.69 Å². The first-order chi connectivity index (χ1) is 6.19. The average molecular weight is 182 g/mol. The molecule has 0 atom stereocenters. The van der Waals surface area contributed by atoms with Crippen molar-refractivity contribution in [3.8, 4) is 0 Å². The van der Waals surface area contributed by atoms with E-state index in [1.54, 1.807) is 0 Å². The van der Waals surface area contributed by atoms with Gasteiger partial charge in [0.2, 0.25) is 5.82 Å². The van der Waals surface area contributed by atoms with Gasteiger partial charge in [0, 0.05) is 7.05 Å². The Balaban J connectivity index is 3.25. The number of nitrogens with one attached hydrogen (secondary N) is 1. The van der Waals surface area contributed by atoms with Gasteiger partial charge in [-0.1, -0.05) is 0 Å². The number of anilines is 1. The molecule has 13 heavy (non-hydrogen) atoms. The Morgan fingerprint density at radius 1 is 1.69 bits per heavy atom. The molecule has 0 saturated heterocycles. The summed E-state index contributed by atoms with van der Waals surface area (Å²) in [6, 6.07) is 1.06. The summed E-state index contributed by atoms with van der Waals surface area (Å²) in [7, 11) is 1.50. The van der Waals surface area contributed by atoms with E-state index in [1.807, 2.05) is 0 Å². The van der Waals surface area contributed by atoms with Crippen molar-refractivity contribution >= 4 is 17.2 Å². The lowest BCUT2D eigenvalue weighted by atomic mass is 10.3. The minimum atomic E-state index is -0.631. The first-order valence-electron chi connectivity index (χ1n) is 3.34. The molecule has 7 heteroatoms. The van der Waals surface area contributed by atoms with Gasteiger partial charge in [-0.2, -0.15) is 0 Å². The molecule has 0 aliphatic heterocycles. The first kappa shape index (κ1) is 9.04. The molecule has 0 unspecified atom stereocenters. The average Bonchev–Trinajstić information content (AvgIpc) is 2.16. The lowest BCUT2D eigenvalue weighted by Gasteiger charge is -1.99. The summed E-state index contributed by atoms with van der Waals surface area (Å²) in [5, 5.41) is 15.5. The van der Waals surface area contributed by atoms with E-state index in [1.165, 1.54) is 7.05 Å². The number of aromatic nitrogens is 1. The van der Waals surface area contributed by atoms with E-state index in [2.05, 4.69) is 15.5 Å². The van der Waals surface area contributed by atoms with Gasteiger partial charge in [-0.15, -0.1) is 4.91 Å².